The second kappa shape index (κ2) is 8.55. The standard InChI is InChI=1S/C16H28O/c1-3-8-14(9-4-2)12-13-16(17)15-10-6-5-7-11-15/h13,15-17H,3-11H2,1-2H3. The topological polar surface area (TPSA) is 20.2 Å². The van der Waals surface area contributed by atoms with Crippen LogP contribution in [0.2, 0.25) is 0 Å². The molecule has 0 bridgehead atoms. The molecule has 1 unspecified atom stereocenters. The second-order valence-corrected chi connectivity index (χ2v) is 5.30. The first-order valence-electron chi connectivity index (χ1n) is 7.40. The van der Waals surface area contributed by atoms with Crippen molar-refractivity contribution in [1.82, 2.24) is 0 Å². The molecule has 0 saturated heterocycles. The SMILES string of the molecule is CCCC(=C=CC(O)C1CCCCC1)CCC. The minimum Gasteiger partial charge on any atom is -0.388 e. The maximum atomic E-state index is 10.1. The van der Waals surface area contributed by atoms with Crippen LogP contribution in [0.3, 0.4) is 0 Å². The van der Waals surface area contributed by atoms with Gasteiger partial charge >= 0.3 is 0 Å². The molecule has 0 spiro atoms. The van der Waals surface area contributed by atoms with Crippen molar-refractivity contribution in [3.05, 3.63) is 17.4 Å². The van der Waals surface area contributed by atoms with Crippen LogP contribution in [0.5, 0.6) is 0 Å². The molecule has 1 rings (SSSR count). The predicted molar refractivity (Wildman–Crippen MR) is 74.0 cm³/mol. The van der Waals surface area contributed by atoms with Crippen molar-refractivity contribution in [2.45, 2.75) is 77.7 Å². The van der Waals surface area contributed by atoms with E-state index in [-0.39, 0.29) is 6.10 Å². The summed E-state index contributed by atoms with van der Waals surface area (Å²) in [6, 6.07) is 0. The first kappa shape index (κ1) is 14.5. The summed E-state index contributed by atoms with van der Waals surface area (Å²) in [4.78, 5) is 0. The Balaban J connectivity index is 2.54. The van der Waals surface area contributed by atoms with Crippen LogP contribution in [0.4, 0.5) is 0 Å². The van der Waals surface area contributed by atoms with E-state index in [1.807, 2.05) is 6.08 Å². The summed E-state index contributed by atoms with van der Waals surface area (Å²) in [6.07, 6.45) is 12.6. The Bertz CT molecular complexity index is 247. The summed E-state index contributed by atoms with van der Waals surface area (Å²) >= 11 is 0. The highest BCUT2D eigenvalue weighted by molar-refractivity contribution is 5.04. The van der Waals surface area contributed by atoms with Gasteiger partial charge in [0.2, 0.25) is 0 Å². The van der Waals surface area contributed by atoms with Gasteiger partial charge in [0.05, 0.1) is 6.10 Å². The lowest BCUT2D eigenvalue weighted by Crippen LogP contribution is -2.20. The zero-order valence-electron chi connectivity index (χ0n) is 11.5. The normalized spacial score (nSPS) is 18.5. The van der Waals surface area contributed by atoms with Gasteiger partial charge in [-0.15, -0.1) is 5.73 Å². The third-order valence-electron chi connectivity index (χ3n) is 3.69. The van der Waals surface area contributed by atoms with Crippen molar-refractivity contribution in [3.8, 4) is 0 Å². The lowest BCUT2D eigenvalue weighted by atomic mass is 9.85. The number of aliphatic hydroxyl groups is 1. The number of aliphatic hydroxyl groups excluding tert-OH is 1. The van der Waals surface area contributed by atoms with E-state index < -0.39 is 0 Å². The van der Waals surface area contributed by atoms with E-state index in [0.717, 1.165) is 12.8 Å². The van der Waals surface area contributed by atoms with Gasteiger partial charge < -0.3 is 5.11 Å². The van der Waals surface area contributed by atoms with E-state index in [2.05, 4.69) is 19.6 Å². The molecular weight excluding hydrogens is 208 g/mol. The Morgan fingerprint density at radius 1 is 1.18 bits per heavy atom. The van der Waals surface area contributed by atoms with Gasteiger partial charge in [-0.05, 0) is 43.3 Å². The summed E-state index contributed by atoms with van der Waals surface area (Å²) in [7, 11) is 0. The Morgan fingerprint density at radius 3 is 2.29 bits per heavy atom. The van der Waals surface area contributed by atoms with Crippen LogP contribution in [0.1, 0.15) is 71.6 Å². The second-order valence-electron chi connectivity index (χ2n) is 5.30. The molecule has 0 aromatic rings. The van der Waals surface area contributed by atoms with Gasteiger partial charge in [-0.25, -0.2) is 0 Å². The van der Waals surface area contributed by atoms with E-state index in [1.165, 1.54) is 50.5 Å². The fourth-order valence-corrected chi connectivity index (χ4v) is 2.69. The van der Waals surface area contributed by atoms with Crippen LogP contribution in [-0.2, 0) is 0 Å². The highest BCUT2D eigenvalue weighted by Crippen LogP contribution is 2.26. The molecule has 1 atom stereocenters. The lowest BCUT2D eigenvalue weighted by Gasteiger charge is -2.24. The van der Waals surface area contributed by atoms with E-state index in [4.69, 9.17) is 0 Å². The fourth-order valence-electron chi connectivity index (χ4n) is 2.69. The summed E-state index contributed by atoms with van der Waals surface area (Å²) in [5, 5.41) is 10.1. The highest BCUT2D eigenvalue weighted by atomic mass is 16.3. The van der Waals surface area contributed by atoms with Gasteiger partial charge in [0, 0.05) is 0 Å². The largest absolute Gasteiger partial charge is 0.388 e. The lowest BCUT2D eigenvalue weighted by molar-refractivity contribution is 0.125. The molecule has 0 aliphatic heterocycles. The first-order valence-corrected chi connectivity index (χ1v) is 7.40. The van der Waals surface area contributed by atoms with E-state index in [0.29, 0.717) is 5.92 Å². The summed E-state index contributed by atoms with van der Waals surface area (Å²) < 4.78 is 0. The van der Waals surface area contributed by atoms with Crippen molar-refractivity contribution >= 4 is 0 Å². The van der Waals surface area contributed by atoms with Crippen molar-refractivity contribution in [2.24, 2.45) is 5.92 Å². The molecule has 98 valence electrons. The van der Waals surface area contributed by atoms with Gasteiger partial charge in [-0.2, -0.15) is 0 Å². The van der Waals surface area contributed by atoms with Gasteiger partial charge in [0.1, 0.15) is 0 Å². The molecule has 1 saturated carbocycles. The molecule has 0 amide bonds. The van der Waals surface area contributed by atoms with Gasteiger partial charge in [0.25, 0.3) is 0 Å². The molecule has 1 heteroatoms. The zero-order chi connectivity index (χ0) is 12.5. The molecule has 17 heavy (non-hydrogen) atoms. The van der Waals surface area contributed by atoms with Gasteiger partial charge in [0.15, 0.2) is 0 Å². The number of rotatable bonds is 6. The average molecular weight is 236 g/mol. The van der Waals surface area contributed by atoms with Crippen LogP contribution in [0.25, 0.3) is 0 Å². The molecule has 1 aliphatic rings. The molecule has 0 heterocycles. The molecule has 0 aromatic heterocycles. The maximum Gasteiger partial charge on any atom is 0.0822 e. The van der Waals surface area contributed by atoms with Crippen LogP contribution in [0, 0.1) is 5.92 Å². The smallest absolute Gasteiger partial charge is 0.0822 e. The van der Waals surface area contributed by atoms with Crippen LogP contribution >= 0.6 is 0 Å². The Labute approximate surface area is 107 Å². The first-order chi connectivity index (χ1) is 8.27. The monoisotopic (exact) mass is 236 g/mol. The van der Waals surface area contributed by atoms with E-state index in [1.54, 1.807) is 0 Å². The summed E-state index contributed by atoms with van der Waals surface area (Å²) in [6.45, 7) is 4.41. The zero-order valence-corrected chi connectivity index (χ0v) is 11.5. The number of hydrogen-bond donors (Lipinski definition) is 1. The van der Waals surface area contributed by atoms with Crippen molar-refractivity contribution < 1.29 is 5.11 Å². The van der Waals surface area contributed by atoms with Gasteiger partial charge in [-0.3, -0.25) is 0 Å². The van der Waals surface area contributed by atoms with E-state index >= 15 is 0 Å². The van der Waals surface area contributed by atoms with Crippen LogP contribution < -0.4 is 0 Å². The fraction of sp³-hybridized carbons (Fsp3) is 0.812. The van der Waals surface area contributed by atoms with Crippen LogP contribution in [0.15, 0.2) is 17.4 Å². The Hall–Kier alpha value is -0.520. The number of hydrogen-bond acceptors (Lipinski definition) is 1. The molecule has 0 radical (unpaired) electrons. The predicted octanol–water partition coefficient (Wildman–Crippen LogP) is 4.61. The molecule has 1 fully saturated rings. The average Bonchev–Trinajstić information content (AvgIpc) is 2.37. The molecule has 0 aromatic carbocycles. The van der Waals surface area contributed by atoms with Crippen LogP contribution in [-0.4, -0.2) is 11.2 Å². The summed E-state index contributed by atoms with van der Waals surface area (Å²) in [5.74, 6) is 0.487. The Morgan fingerprint density at radius 2 is 1.76 bits per heavy atom. The van der Waals surface area contributed by atoms with Gasteiger partial charge in [-0.1, -0.05) is 46.0 Å². The Kier molecular flexibility index (Phi) is 7.32. The minimum absolute atomic E-state index is 0.265. The highest BCUT2D eigenvalue weighted by Gasteiger charge is 2.19. The molecule has 1 nitrogen and oxygen atoms in total. The minimum atomic E-state index is -0.265. The molecule has 1 aliphatic carbocycles. The quantitative estimate of drug-likeness (QED) is 0.668. The molecule has 1 N–H and O–H groups in total. The van der Waals surface area contributed by atoms with Crippen molar-refractivity contribution in [1.29, 1.82) is 0 Å². The third-order valence-corrected chi connectivity index (χ3v) is 3.69. The van der Waals surface area contributed by atoms with Crippen molar-refractivity contribution in [3.63, 3.8) is 0 Å². The third kappa shape index (κ3) is 5.57. The van der Waals surface area contributed by atoms with Crippen molar-refractivity contribution in [2.75, 3.05) is 0 Å². The summed E-state index contributed by atoms with van der Waals surface area (Å²) in [5.41, 5.74) is 4.74. The molecular formula is C16H28O. The maximum absolute atomic E-state index is 10.1. The van der Waals surface area contributed by atoms with E-state index in [9.17, 15) is 5.11 Å².